The van der Waals surface area contributed by atoms with Gasteiger partial charge in [0, 0.05) is 25.7 Å². The highest BCUT2D eigenvalue weighted by molar-refractivity contribution is 6.29. The summed E-state index contributed by atoms with van der Waals surface area (Å²) in [5.41, 5.74) is 3.43. The number of aromatic nitrogens is 1. The molecule has 0 amide bonds. The van der Waals surface area contributed by atoms with E-state index >= 15 is 0 Å². The number of anilines is 1. The summed E-state index contributed by atoms with van der Waals surface area (Å²) in [6.45, 7) is 5.21. The van der Waals surface area contributed by atoms with Crippen LogP contribution in [-0.2, 0) is 6.54 Å². The summed E-state index contributed by atoms with van der Waals surface area (Å²) in [4.78, 5) is 6.78. The number of nitrogens with one attached hydrogen (secondary N) is 1. The third-order valence-corrected chi connectivity index (χ3v) is 4.14. The van der Waals surface area contributed by atoms with Crippen LogP contribution in [0, 0.1) is 6.92 Å². The quantitative estimate of drug-likeness (QED) is 0.872. The minimum atomic E-state index is 0.482. The van der Waals surface area contributed by atoms with Crippen LogP contribution in [0.4, 0.5) is 5.69 Å². The molecule has 0 aliphatic carbocycles. The number of rotatable bonds is 4. The molecule has 1 aromatic heterocycles. The first-order chi connectivity index (χ1) is 10.2. The number of aryl methyl sites for hydroxylation is 1. The lowest BCUT2D eigenvalue weighted by Crippen LogP contribution is -2.26. The average molecular weight is 302 g/mol. The first-order valence-electron chi connectivity index (χ1n) is 7.36. The zero-order valence-corrected chi connectivity index (χ0v) is 13.0. The Labute approximate surface area is 131 Å². The summed E-state index contributed by atoms with van der Waals surface area (Å²) >= 11 is 5.90. The third-order valence-electron chi connectivity index (χ3n) is 3.93. The maximum Gasteiger partial charge on any atom is 0.129 e. The van der Waals surface area contributed by atoms with E-state index in [4.69, 9.17) is 11.6 Å². The molecule has 1 aliphatic heterocycles. The van der Waals surface area contributed by atoms with Crippen molar-refractivity contribution in [3.8, 4) is 0 Å². The minimum absolute atomic E-state index is 0.482. The van der Waals surface area contributed by atoms with Gasteiger partial charge in [-0.25, -0.2) is 4.98 Å². The zero-order chi connectivity index (χ0) is 14.7. The van der Waals surface area contributed by atoms with Crippen molar-refractivity contribution in [2.45, 2.75) is 25.9 Å². The van der Waals surface area contributed by atoms with Crippen molar-refractivity contribution in [2.75, 3.05) is 18.4 Å². The Kier molecular flexibility index (Phi) is 4.42. The molecule has 1 N–H and O–H groups in total. The summed E-state index contributed by atoms with van der Waals surface area (Å²) in [5.74, 6) is 0. The van der Waals surface area contributed by atoms with Crippen LogP contribution in [0.1, 0.15) is 17.7 Å². The van der Waals surface area contributed by atoms with Crippen molar-refractivity contribution in [1.29, 1.82) is 0 Å². The predicted octanol–water partition coefficient (Wildman–Crippen LogP) is 3.73. The SMILES string of the molecule is Cc1nc(Cl)ccc1NC1CCN(Cc2ccccc2)C1. The molecule has 110 valence electrons. The van der Waals surface area contributed by atoms with Crippen molar-refractivity contribution in [3.05, 3.63) is 58.9 Å². The smallest absolute Gasteiger partial charge is 0.129 e. The van der Waals surface area contributed by atoms with Crippen LogP contribution in [0.2, 0.25) is 5.15 Å². The number of hydrogen-bond donors (Lipinski definition) is 1. The molecule has 21 heavy (non-hydrogen) atoms. The molecule has 0 radical (unpaired) electrons. The summed E-state index contributed by atoms with van der Waals surface area (Å²) in [7, 11) is 0. The van der Waals surface area contributed by atoms with Crippen molar-refractivity contribution >= 4 is 17.3 Å². The fraction of sp³-hybridized carbons (Fsp3) is 0.353. The fourth-order valence-corrected chi connectivity index (χ4v) is 3.03. The summed E-state index contributed by atoms with van der Waals surface area (Å²) in [5, 5.41) is 4.14. The summed E-state index contributed by atoms with van der Waals surface area (Å²) in [6.07, 6.45) is 1.16. The molecule has 1 atom stereocenters. The van der Waals surface area contributed by atoms with E-state index in [9.17, 15) is 0 Å². The normalized spacial score (nSPS) is 18.9. The summed E-state index contributed by atoms with van der Waals surface area (Å²) in [6, 6.07) is 15.0. The van der Waals surface area contributed by atoms with Crippen LogP contribution in [0.3, 0.4) is 0 Å². The van der Waals surface area contributed by atoms with E-state index in [1.165, 1.54) is 5.56 Å². The van der Waals surface area contributed by atoms with Gasteiger partial charge in [0.15, 0.2) is 0 Å². The van der Waals surface area contributed by atoms with E-state index in [0.29, 0.717) is 11.2 Å². The highest BCUT2D eigenvalue weighted by Crippen LogP contribution is 2.21. The molecule has 0 spiro atoms. The minimum Gasteiger partial charge on any atom is -0.380 e. The second-order valence-electron chi connectivity index (χ2n) is 5.62. The Morgan fingerprint density at radius 1 is 1.24 bits per heavy atom. The number of nitrogens with zero attached hydrogens (tertiary/aromatic N) is 2. The van der Waals surface area contributed by atoms with Gasteiger partial charge in [0.05, 0.1) is 11.4 Å². The first-order valence-corrected chi connectivity index (χ1v) is 7.74. The standard InChI is InChI=1S/C17H20ClN3/c1-13-16(7-8-17(18)19-13)20-15-9-10-21(12-15)11-14-5-3-2-4-6-14/h2-8,15,20H,9-12H2,1H3. The fourth-order valence-electron chi connectivity index (χ4n) is 2.84. The molecule has 1 aromatic carbocycles. The molecule has 2 aromatic rings. The first kappa shape index (κ1) is 14.4. The topological polar surface area (TPSA) is 28.2 Å². The van der Waals surface area contributed by atoms with E-state index in [0.717, 1.165) is 37.4 Å². The van der Waals surface area contributed by atoms with Crippen molar-refractivity contribution in [2.24, 2.45) is 0 Å². The van der Waals surface area contributed by atoms with Gasteiger partial charge in [-0.1, -0.05) is 41.9 Å². The van der Waals surface area contributed by atoms with Crippen LogP contribution in [0.25, 0.3) is 0 Å². The van der Waals surface area contributed by atoms with Gasteiger partial charge in [-0.3, -0.25) is 4.90 Å². The van der Waals surface area contributed by atoms with E-state index < -0.39 is 0 Å². The maximum atomic E-state index is 5.90. The van der Waals surface area contributed by atoms with Gasteiger partial charge in [0.1, 0.15) is 5.15 Å². The number of hydrogen-bond acceptors (Lipinski definition) is 3. The predicted molar refractivity (Wildman–Crippen MR) is 87.7 cm³/mol. The van der Waals surface area contributed by atoms with Gasteiger partial charge in [0.2, 0.25) is 0 Å². The van der Waals surface area contributed by atoms with Crippen molar-refractivity contribution in [1.82, 2.24) is 9.88 Å². The Balaban J connectivity index is 1.57. The monoisotopic (exact) mass is 301 g/mol. The molecule has 3 nitrogen and oxygen atoms in total. The van der Waals surface area contributed by atoms with Crippen LogP contribution in [0.5, 0.6) is 0 Å². The third kappa shape index (κ3) is 3.74. The molecule has 3 rings (SSSR count). The molecular formula is C17H20ClN3. The average Bonchev–Trinajstić information content (AvgIpc) is 2.90. The number of halogens is 1. The molecule has 0 bridgehead atoms. The van der Waals surface area contributed by atoms with Crippen LogP contribution >= 0.6 is 11.6 Å². The van der Waals surface area contributed by atoms with Crippen molar-refractivity contribution < 1.29 is 0 Å². The molecule has 1 fully saturated rings. The van der Waals surface area contributed by atoms with Gasteiger partial charge in [0.25, 0.3) is 0 Å². The lowest BCUT2D eigenvalue weighted by Gasteiger charge is -2.18. The maximum absolute atomic E-state index is 5.90. The van der Waals surface area contributed by atoms with Crippen LogP contribution < -0.4 is 5.32 Å². The Bertz CT molecular complexity index is 600. The van der Waals surface area contributed by atoms with Gasteiger partial charge >= 0.3 is 0 Å². The van der Waals surface area contributed by atoms with Crippen LogP contribution in [-0.4, -0.2) is 29.0 Å². The van der Waals surface area contributed by atoms with Gasteiger partial charge in [-0.15, -0.1) is 0 Å². The second-order valence-corrected chi connectivity index (χ2v) is 6.00. The Morgan fingerprint density at radius 3 is 2.81 bits per heavy atom. The highest BCUT2D eigenvalue weighted by Gasteiger charge is 2.22. The molecule has 1 unspecified atom stereocenters. The van der Waals surface area contributed by atoms with E-state index in [-0.39, 0.29) is 0 Å². The zero-order valence-electron chi connectivity index (χ0n) is 12.2. The number of benzene rings is 1. The molecule has 0 saturated carbocycles. The lowest BCUT2D eigenvalue weighted by molar-refractivity contribution is 0.328. The molecule has 1 saturated heterocycles. The number of pyridine rings is 1. The summed E-state index contributed by atoms with van der Waals surface area (Å²) < 4.78 is 0. The van der Waals surface area contributed by atoms with E-state index in [1.807, 2.05) is 19.1 Å². The second kappa shape index (κ2) is 6.46. The van der Waals surface area contributed by atoms with E-state index in [2.05, 4.69) is 45.5 Å². The van der Waals surface area contributed by atoms with Gasteiger partial charge < -0.3 is 5.32 Å². The largest absolute Gasteiger partial charge is 0.380 e. The molecule has 4 heteroatoms. The Morgan fingerprint density at radius 2 is 2.05 bits per heavy atom. The molecular weight excluding hydrogens is 282 g/mol. The van der Waals surface area contributed by atoms with Gasteiger partial charge in [-0.2, -0.15) is 0 Å². The van der Waals surface area contributed by atoms with Gasteiger partial charge in [-0.05, 0) is 31.0 Å². The Hall–Kier alpha value is -1.58. The lowest BCUT2D eigenvalue weighted by atomic mass is 10.2. The van der Waals surface area contributed by atoms with E-state index in [1.54, 1.807) is 0 Å². The molecule has 1 aliphatic rings. The van der Waals surface area contributed by atoms with Crippen molar-refractivity contribution in [3.63, 3.8) is 0 Å². The highest BCUT2D eigenvalue weighted by atomic mass is 35.5. The molecule has 2 heterocycles. The van der Waals surface area contributed by atoms with Crippen LogP contribution in [0.15, 0.2) is 42.5 Å². The number of likely N-dealkylation sites (tertiary alicyclic amines) is 1.